The normalized spacial score (nSPS) is 15.9. The van der Waals surface area contributed by atoms with Crippen LogP contribution in [0.25, 0.3) is 0 Å². The number of likely N-dealkylation sites (tertiary alicyclic amines) is 1. The molecule has 1 heterocycles. The molecule has 1 saturated heterocycles. The summed E-state index contributed by atoms with van der Waals surface area (Å²) >= 11 is 0. The van der Waals surface area contributed by atoms with Crippen LogP contribution in [-0.4, -0.2) is 36.3 Å². The summed E-state index contributed by atoms with van der Waals surface area (Å²) in [6, 6.07) is 19.6. The van der Waals surface area contributed by atoms with Crippen molar-refractivity contribution in [3.05, 3.63) is 71.8 Å². The number of ether oxygens (including phenoxy) is 1. The van der Waals surface area contributed by atoms with Gasteiger partial charge in [0.05, 0.1) is 0 Å². The van der Waals surface area contributed by atoms with Gasteiger partial charge in [-0.05, 0) is 18.5 Å². The molecule has 156 valence electrons. The largest absolute Gasteiger partial charge is 0.454 e. The molecule has 2 aromatic rings. The Morgan fingerprint density at radius 1 is 0.966 bits per heavy atom. The Kier molecular flexibility index (Phi) is 8.87. The highest BCUT2D eigenvalue weighted by atomic mass is 35.5. The molecule has 29 heavy (non-hydrogen) atoms. The number of hydrogen-bond acceptors (Lipinski definition) is 4. The summed E-state index contributed by atoms with van der Waals surface area (Å²) in [5.74, 6) is 0.0545. The fourth-order valence-electron chi connectivity index (χ4n) is 3.85. The number of esters is 1. The van der Waals surface area contributed by atoms with Crippen molar-refractivity contribution < 1.29 is 14.3 Å². The van der Waals surface area contributed by atoms with Crippen LogP contribution in [0.15, 0.2) is 60.7 Å². The molecular weight excluding hydrogens is 386 g/mol. The zero-order valence-electron chi connectivity index (χ0n) is 17.0. The molecule has 0 unspecified atom stereocenters. The number of hydrogen-bond donors (Lipinski definition) is 0. The molecule has 0 atom stereocenters. The first-order valence-corrected chi connectivity index (χ1v) is 10.2. The minimum Gasteiger partial charge on any atom is -0.454 e. The summed E-state index contributed by atoms with van der Waals surface area (Å²) in [4.78, 5) is 26.7. The van der Waals surface area contributed by atoms with Gasteiger partial charge in [-0.3, -0.25) is 9.59 Å². The van der Waals surface area contributed by atoms with E-state index >= 15 is 0 Å². The Labute approximate surface area is 179 Å². The molecule has 0 aliphatic carbocycles. The first-order chi connectivity index (χ1) is 13.6. The maximum absolute atomic E-state index is 12.3. The summed E-state index contributed by atoms with van der Waals surface area (Å²) in [6.07, 6.45) is 3.38. The average Bonchev–Trinajstić information content (AvgIpc) is 2.76. The Hall–Kier alpha value is -2.17. The highest BCUT2D eigenvalue weighted by Gasteiger charge is 2.39. The van der Waals surface area contributed by atoms with Crippen LogP contribution >= 0.6 is 12.4 Å². The molecule has 0 N–H and O–H groups in total. The molecule has 0 radical (unpaired) electrons. The van der Waals surface area contributed by atoms with Crippen molar-refractivity contribution in [1.29, 1.82) is 0 Å². The fourth-order valence-corrected chi connectivity index (χ4v) is 3.85. The number of Topliss-reactive ketones (excluding diaryl/α,β-unsaturated/α-hetero) is 1. The van der Waals surface area contributed by atoms with Gasteiger partial charge in [-0.25, -0.2) is 0 Å². The van der Waals surface area contributed by atoms with Crippen LogP contribution in [-0.2, 0) is 15.1 Å². The molecular formula is C24H30ClNO3. The van der Waals surface area contributed by atoms with E-state index in [-0.39, 0.29) is 24.2 Å². The monoisotopic (exact) mass is 415 g/mol. The highest BCUT2D eigenvalue weighted by molar-refractivity contribution is 5.95. The van der Waals surface area contributed by atoms with E-state index in [4.69, 9.17) is 4.74 Å². The standard InChI is InChI=1S/C24H29NO3.ClH/c1-2-23(27)28-24(21-12-7-4-8-13-21)15-18-25(19-16-24)17-9-14-22(26)20-10-5-3-6-11-20;/h3-8,10-13H,2,9,14-19H2,1H3;1H. The van der Waals surface area contributed by atoms with Gasteiger partial charge in [0.15, 0.2) is 5.78 Å². The lowest BCUT2D eigenvalue weighted by atomic mass is 9.84. The molecule has 0 bridgehead atoms. The molecule has 0 saturated carbocycles. The van der Waals surface area contributed by atoms with E-state index in [0.29, 0.717) is 12.8 Å². The number of rotatable bonds is 8. The van der Waals surface area contributed by atoms with Crippen molar-refractivity contribution in [3.8, 4) is 0 Å². The SMILES string of the molecule is CCC(=O)OC1(c2ccccc2)CCN(CCCC(=O)c2ccccc2)CC1.Cl. The number of piperidine rings is 1. The van der Waals surface area contributed by atoms with E-state index in [9.17, 15) is 9.59 Å². The van der Waals surface area contributed by atoms with Crippen LogP contribution in [0.5, 0.6) is 0 Å². The van der Waals surface area contributed by atoms with Gasteiger partial charge in [0.1, 0.15) is 5.60 Å². The number of ketones is 1. The van der Waals surface area contributed by atoms with Gasteiger partial charge in [0.2, 0.25) is 0 Å². The second-order valence-electron chi connectivity index (χ2n) is 7.42. The molecule has 5 heteroatoms. The molecule has 3 rings (SSSR count). The molecule has 1 aliphatic heterocycles. The van der Waals surface area contributed by atoms with E-state index < -0.39 is 5.60 Å². The van der Waals surface area contributed by atoms with Gasteiger partial charge >= 0.3 is 5.97 Å². The fraction of sp³-hybridized carbons (Fsp3) is 0.417. The molecule has 0 amide bonds. The second-order valence-corrected chi connectivity index (χ2v) is 7.42. The van der Waals surface area contributed by atoms with Crippen LogP contribution < -0.4 is 0 Å². The number of carbonyl (C=O) groups excluding carboxylic acids is 2. The Morgan fingerprint density at radius 2 is 1.55 bits per heavy atom. The van der Waals surface area contributed by atoms with Crippen molar-refractivity contribution >= 4 is 24.2 Å². The smallest absolute Gasteiger partial charge is 0.306 e. The van der Waals surface area contributed by atoms with E-state index in [0.717, 1.165) is 50.0 Å². The lowest BCUT2D eigenvalue weighted by Gasteiger charge is -2.41. The molecule has 1 fully saturated rings. The average molecular weight is 416 g/mol. The van der Waals surface area contributed by atoms with Crippen LogP contribution in [0.1, 0.15) is 54.9 Å². The summed E-state index contributed by atoms with van der Waals surface area (Å²) in [5.41, 5.74) is 1.34. The second kappa shape index (κ2) is 11.1. The van der Waals surface area contributed by atoms with Crippen molar-refractivity contribution in [2.75, 3.05) is 19.6 Å². The van der Waals surface area contributed by atoms with Gasteiger partial charge in [-0.1, -0.05) is 67.6 Å². The van der Waals surface area contributed by atoms with Crippen LogP contribution in [0.3, 0.4) is 0 Å². The van der Waals surface area contributed by atoms with Crippen molar-refractivity contribution in [3.63, 3.8) is 0 Å². The minimum absolute atomic E-state index is 0. The Balaban J connectivity index is 0.00000300. The van der Waals surface area contributed by atoms with Crippen LogP contribution in [0.4, 0.5) is 0 Å². The van der Waals surface area contributed by atoms with Crippen LogP contribution in [0.2, 0.25) is 0 Å². The van der Waals surface area contributed by atoms with Crippen LogP contribution in [0, 0.1) is 0 Å². The minimum atomic E-state index is -0.523. The Morgan fingerprint density at radius 3 is 2.14 bits per heavy atom. The van der Waals surface area contributed by atoms with Gasteiger partial charge in [0.25, 0.3) is 0 Å². The molecule has 2 aromatic carbocycles. The molecule has 0 spiro atoms. The van der Waals surface area contributed by atoms with Gasteiger partial charge in [-0.2, -0.15) is 0 Å². The first kappa shape index (κ1) is 23.1. The highest BCUT2D eigenvalue weighted by Crippen LogP contribution is 2.37. The number of benzene rings is 2. The molecule has 4 nitrogen and oxygen atoms in total. The van der Waals surface area contributed by atoms with E-state index in [1.165, 1.54) is 0 Å². The summed E-state index contributed by atoms with van der Waals surface area (Å²) in [5, 5.41) is 0. The van der Waals surface area contributed by atoms with Gasteiger partial charge in [-0.15, -0.1) is 12.4 Å². The van der Waals surface area contributed by atoms with E-state index in [1.807, 2.05) is 55.5 Å². The third kappa shape index (κ3) is 6.15. The number of nitrogens with zero attached hydrogens (tertiary/aromatic N) is 1. The predicted octanol–water partition coefficient (Wildman–Crippen LogP) is 5.02. The Bertz CT molecular complexity index is 771. The summed E-state index contributed by atoms with van der Waals surface area (Å²) < 4.78 is 5.94. The molecule has 1 aliphatic rings. The summed E-state index contributed by atoms with van der Waals surface area (Å²) in [7, 11) is 0. The lowest BCUT2D eigenvalue weighted by Crippen LogP contribution is -2.45. The maximum Gasteiger partial charge on any atom is 0.306 e. The maximum atomic E-state index is 12.3. The zero-order chi connectivity index (χ0) is 19.8. The van der Waals surface area contributed by atoms with Crippen molar-refractivity contribution in [2.24, 2.45) is 0 Å². The molecule has 0 aromatic heterocycles. The van der Waals surface area contributed by atoms with Gasteiger partial charge in [0, 0.05) is 44.3 Å². The van der Waals surface area contributed by atoms with E-state index in [1.54, 1.807) is 0 Å². The van der Waals surface area contributed by atoms with Crippen molar-refractivity contribution in [2.45, 2.75) is 44.6 Å². The third-order valence-corrected chi connectivity index (χ3v) is 5.54. The first-order valence-electron chi connectivity index (χ1n) is 10.2. The zero-order valence-corrected chi connectivity index (χ0v) is 17.8. The summed E-state index contributed by atoms with van der Waals surface area (Å²) in [6.45, 7) is 4.46. The predicted molar refractivity (Wildman–Crippen MR) is 117 cm³/mol. The quantitative estimate of drug-likeness (QED) is 0.448. The van der Waals surface area contributed by atoms with Crippen molar-refractivity contribution in [1.82, 2.24) is 4.90 Å². The van der Waals surface area contributed by atoms with Gasteiger partial charge < -0.3 is 9.64 Å². The number of carbonyl (C=O) groups is 2. The van der Waals surface area contributed by atoms with E-state index in [2.05, 4.69) is 17.0 Å². The third-order valence-electron chi connectivity index (χ3n) is 5.54. The lowest BCUT2D eigenvalue weighted by molar-refractivity contribution is -0.166. The number of halogens is 1. The topological polar surface area (TPSA) is 46.6 Å².